The quantitative estimate of drug-likeness (QED) is 0.869. The van der Waals surface area contributed by atoms with Crippen LogP contribution >= 0.6 is 0 Å². The Bertz CT molecular complexity index is 682. The number of methoxy groups -OCH3 is 1. The molecule has 2 fully saturated rings. The number of likely N-dealkylation sites (tertiary alicyclic amines) is 1. The number of rotatable bonds is 5. The van der Waals surface area contributed by atoms with Crippen molar-refractivity contribution in [3.05, 3.63) is 30.3 Å². The lowest BCUT2D eigenvalue weighted by atomic mass is 9.59. The molecule has 1 aromatic carbocycles. The molecule has 0 radical (unpaired) electrons. The molecule has 1 saturated heterocycles. The predicted molar refractivity (Wildman–Crippen MR) is 89.9 cm³/mol. The molecular formula is C17H24N2O4S. The van der Waals surface area contributed by atoms with E-state index in [0.29, 0.717) is 18.0 Å². The number of nitrogens with zero attached hydrogens (tertiary/aromatic N) is 1. The van der Waals surface area contributed by atoms with Gasteiger partial charge in [-0.15, -0.1) is 0 Å². The molecule has 3 rings (SSSR count). The first-order valence-electron chi connectivity index (χ1n) is 8.31. The van der Waals surface area contributed by atoms with Gasteiger partial charge in [-0.05, 0) is 43.2 Å². The SMILES string of the molecule is COCC(=O)N1CCC2(CC[C@@H]2NS(=O)(=O)c2ccccc2)CC1. The van der Waals surface area contributed by atoms with Crippen molar-refractivity contribution < 1.29 is 17.9 Å². The van der Waals surface area contributed by atoms with Crippen molar-refractivity contribution >= 4 is 15.9 Å². The molecule has 1 aliphatic carbocycles. The lowest BCUT2D eigenvalue weighted by molar-refractivity contribution is -0.139. The van der Waals surface area contributed by atoms with Crippen LogP contribution in [0.2, 0.25) is 0 Å². The minimum Gasteiger partial charge on any atom is -0.375 e. The number of carbonyl (C=O) groups is 1. The Kier molecular flexibility index (Phi) is 4.94. The molecule has 7 heteroatoms. The maximum atomic E-state index is 12.5. The monoisotopic (exact) mass is 352 g/mol. The smallest absolute Gasteiger partial charge is 0.248 e. The molecule has 1 saturated carbocycles. The number of benzene rings is 1. The summed E-state index contributed by atoms with van der Waals surface area (Å²) in [6.45, 7) is 1.45. The second-order valence-electron chi connectivity index (χ2n) is 6.70. The van der Waals surface area contributed by atoms with Crippen LogP contribution in [0.1, 0.15) is 25.7 Å². The Balaban J connectivity index is 1.63. The number of hydrogen-bond donors (Lipinski definition) is 1. The molecule has 1 atom stereocenters. The van der Waals surface area contributed by atoms with E-state index < -0.39 is 10.0 Å². The van der Waals surface area contributed by atoms with Crippen LogP contribution in [0, 0.1) is 5.41 Å². The second-order valence-corrected chi connectivity index (χ2v) is 8.42. The molecule has 6 nitrogen and oxygen atoms in total. The number of carbonyl (C=O) groups excluding carboxylic acids is 1. The standard InChI is InChI=1S/C17H24N2O4S/c1-23-13-16(20)19-11-9-17(10-12-19)8-7-15(17)18-24(21,22)14-5-3-2-4-6-14/h2-6,15,18H,7-13H2,1H3/t15-/m0/s1. The molecule has 24 heavy (non-hydrogen) atoms. The van der Waals surface area contributed by atoms with Crippen LogP contribution in [0.25, 0.3) is 0 Å². The van der Waals surface area contributed by atoms with E-state index in [1.165, 1.54) is 7.11 Å². The number of amides is 1. The van der Waals surface area contributed by atoms with E-state index in [-0.39, 0.29) is 24.0 Å². The molecule has 0 bridgehead atoms. The highest BCUT2D eigenvalue weighted by atomic mass is 32.2. The van der Waals surface area contributed by atoms with Gasteiger partial charge in [-0.3, -0.25) is 4.79 Å². The largest absolute Gasteiger partial charge is 0.375 e. The van der Waals surface area contributed by atoms with Gasteiger partial charge in [-0.25, -0.2) is 13.1 Å². The zero-order valence-electron chi connectivity index (χ0n) is 13.9. The van der Waals surface area contributed by atoms with E-state index in [9.17, 15) is 13.2 Å². The normalized spacial score (nSPS) is 23.0. The van der Waals surface area contributed by atoms with Crippen molar-refractivity contribution in [2.24, 2.45) is 5.41 Å². The Morgan fingerprint density at radius 1 is 1.25 bits per heavy atom. The van der Waals surface area contributed by atoms with Gasteiger partial charge in [-0.2, -0.15) is 0 Å². The summed E-state index contributed by atoms with van der Waals surface area (Å²) in [5.41, 5.74) is -0.00823. The molecule has 2 aliphatic rings. The van der Waals surface area contributed by atoms with Crippen molar-refractivity contribution in [3.63, 3.8) is 0 Å². The highest BCUT2D eigenvalue weighted by Gasteiger charge is 2.50. The molecule has 1 heterocycles. The Morgan fingerprint density at radius 2 is 1.92 bits per heavy atom. The number of sulfonamides is 1. The van der Waals surface area contributed by atoms with Gasteiger partial charge >= 0.3 is 0 Å². The van der Waals surface area contributed by atoms with Crippen molar-refractivity contribution in [2.45, 2.75) is 36.6 Å². The third-order valence-electron chi connectivity index (χ3n) is 5.40. The van der Waals surface area contributed by atoms with E-state index in [0.717, 1.165) is 25.7 Å². The van der Waals surface area contributed by atoms with Gasteiger partial charge in [0.1, 0.15) is 6.61 Å². The molecular weight excluding hydrogens is 328 g/mol. The van der Waals surface area contributed by atoms with E-state index >= 15 is 0 Å². The zero-order valence-corrected chi connectivity index (χ0v) is 14.7. The van der Waals surface area contributed by atoms with Crippen molar-refractivity contribution in [3.8, 4) is 0 Å². The van der Waals surface area contributed by atoms with Crippen LogP contribution in [-0.4, -0.2) is 52.1 Å². The fraction of sp³-hybridized carbons (Fsp3) is 0.588. The summed E-state index contributed by atoms with van der Waals surface area (Å²) >= 11 is 0. The lowest BCUT2D eigenvalue weighted by Crippen LogP contribution is -2.59. The van der Waals surface area contributed by atoms with Crippen LogP contribution in [0.5, 0.6) is 0 Å². The first-order valence-corrected chi connectivity index (χ1v) is 9.79. The molecule has 1 amide bonds. The highest BCUT2D eigenvalue weighted by Crippen LogP contribution is 2.49. The summed E-state index contributed by atoms with van der Waals surface area (Å²) in [6, 6.07) is 8.44. The Labute approximate surface area is 143 Å². The Morgan fingerprint density at radius 3 is 2.46 bits per heavy atom. The first-order chi connectivity index (χ1) is 11.5. The number of ether oxygens (including phenoxy) is 1. The topological polar surface area (TPSA) is 75.7 Å². The Hall–Kier alpha value is -1.44. The average molecular weight is 352 g/mol. The zero-order chi connectivity index (χ0) is 17.2. The summed E-state index contributed by atoms with van der Waals surface area (Å²) in [5, 5.41) is 0. The van der Waals surface area contributed by atoms with Crippen LogP contribution in [0.4, 0.5) is 0 Å². The number of nitrogens with one attached hydrogen (secondary N) is 1. The van der Waals surface area contributed by atoms with E-state index in [1.54, 1.807) is 30.3 Å². The molecule has 132 valence electrons. The average Bonchev–Trinajstić information content (AvgIpc) is 2.60. The van der Waals surface area contributed by atoms with Gasteiger partial charge in [0.15, 0.2) is 0 Å². The van der Waals surface area contributed by atoms with E-state index in [4.69, 9.17) is 4.74 Å². The first kappa shape index (κ1) is 17.4. The summed E-state index contributed by atoms with van der Waals surface area (Å²) in [4.78, 5) is 14.0. The molecule has 1 N–H and O–H groups in total. The molecule has 1 spiro atoms. The summed E-state index contributed by atoms with van der Waals surface area (Å²) < 4.78 is 32.8. The predicted octanol–water partition coefficient (Wildman–Crippen LogP) is 1.38. The maximum Gasteiger partial charge on any atom is 0.248 e. The maximum absolute atomic E-state index is 12.5. The van der Waals surface area contributed by atoms with Crippen LogP contribution in [0.3, 0.4) is 0 Å². The van der Waals surface area contributed by atoms with E-state index in [1.807, 2.05) is 4.90 Å². The molecule has 0 aromatic heterocycles. The van der Waals surface area contributed by atoms with Crippen LogP contribution in [0.15, 0.2) is 35.2 Å². The fourth-order valence-corrected chi connectivity index (χ4v) is 5.14. The molecule has 1 aliphatic heterocycles. The summed E-state index contributed by atoms with van der Waals surface area (Å²) in [6.07, 6.45) is 3.55. The second kappa shape index (κ2) is 6.82. The van der Waals surface area contributed by atoms with Gasteiger partial charge in [0.25, 0.3) is 0 Å². The van der Waals surface area contributed by atoms with Gasteiger partial charge in [0, 0.05) is 26.2 Å². The summed E-state index contributed by atoms with van der Waals surface area (Å²) in [5.74, 6) is 0.00749. The lowest BCUT2D eigenvalue weighted by Gasteiger charge is -2.53. The van der Waals surface area contributed by atoms with Gasteiger partial charge in [0.2, 0.25) is 15.9 Å². The third kappa shape index (κ3) is 3.34. The van der Waals surface area contributed by atoms with Gasteiger partial charge in [0.05, 0.1) is 4.90 Å². The number of piperidine rings is 1. The minimum absolute atomic E-state index is 0.00749. The summed E-state index contributed by atoms with van der Waals surface area (Å²) in [7, 11) is -1.97. The molecule has 1 aromatic rings. The highest BCUT2D eigenvalue weighted by molar-refractivity contribution is 7.89. The number of hydrogen-bond acceptors (Lipinski definition) is 4. The molecule has 0 unspecified atom stereocenters. The van der Waals surface area contributed by atoms with Gasteiger partial charge < -0.3 is 9.64 Å². The fourth-order valence-electron chi connectivity index (χ4n) is 3.75. The van der Waals surface area contributed by atoms with Crippen molar-refractivity contribution in [1.82, 2.24) is 9.62 Å². The van der Waals surface area contributed by atoms with Crippen molar-refractivity contribution in [2.75, 3.05) is 26.8 Å². The van der Waals surface area contributed by atoms with Gasteiger partial charge in [-0.1, -0.05) is 18.2 Å². The van der Waals surface area contributed by atoms with E-state index in [2.05, 4.69) is 4.72 Å². The van der Waals surface area contributed by atoms with Crippen molar-refractivity contribution in [1.29, 1.82) is 0 Å². The van der Waals surface area contributed by atoms with Crippen LogP contribution < -0.4 is 4.72 Å². The minimum atomic E-state index is -3.48. The van der Waals surface area contributed by atoms with Crippen LogP contribution in [-0.2, 0) is 19.6 Å². The third-order valence-corrected chi connectivity index (χ3v) is 6.89.